The smallest absolute Gasteiger partial charge is 0.332 e. The lowest BCUT2D eigenvalue weighted by Crippen LogP contribution is -2.43. The van der Waals surface area contributed by atoms with Crippen LogP contribution < -0.4 is 21.3 Å². The number of para-hydroxylation sites is 1. The zero-order valence-corrected chi connectivity index (χ0v) is 18.7. The Labute approximate surface area is 195 Å². The van der Waals surface area contributed by atoms with Crippen LogP contribution in [0.25, 0.3) is 10.9 Å². The first-order valence-corrected chi connectivity index (χ1v) is 10.8. The maximum atomic E-state index is 13.3. The standard InChI is InChI=1S/C26H24FN3O4/c1-34-21-12-8-18(9-13-21)14-15-28-24(31)17-29-23-5-3-2-4-22(23)25(32)30(26(29)33)16-19-6-10-20(27)11-7-19/h2-13H,14-17H2,1H3,(H,28,31). The van der Waals surface area contributed by atoms with Gasteiger partial charge < -0.3 is 10.1 Å². The lowest BCUT2D eigenvalue weighted by molar-refractivity contribution is -0.121. The molecular formula is C26H24FN3O4. The lowest BCUT2D eigenvalue weighted by Gasteiger charge is -2.14. The second kappa shape index (κ2) is 10.2. The number of methoxy groups -OCH3 is 1. The molecule has 0 saturated carbocycles. The highest BCUT2D eigenvalue weighted by Gasteiger charge is 2.15. The first-order chi connectivity index (χ1) is 16.5. The SMILES string of the molecule is COc1ccc(CCNC(=O)Cn2c(=O)n(Cc3ccc(F)cc3)c(=O)c3ccccc32)cc1. The summed E-state index contributed by atoms with van der Waals surface area (Å²) in [7, 11) is 1.60. The van der Waals surface area contributed by atoms with Crippen molar-refractivity contribution in [3.63, 3.8) is 0 Å². The van der Waals surface area contributed by atoms with Crippen LogP contribution in [0.3, 0.4) is 0 Å². The zero-order valence-electron chi connectivity index (χ0n) is 18.7. The van der Waals surface area contributed by atoms with Gasteiger partial charge in [-0.1, -0.05) is 36.4 Å². The number of nitrogens with one attached hydrogen (secondary N) is 1. The molecule has 174 valence electrons. The Morgan fingerprint density at radius 3 is 2.29 bits per heavy atom. The molecule has 1 aromatic heterocycles. The van der Waals surface area contributed by atoms with E-state index in [2.05, 4.69) is 5.32 Å². The Morgan fingerprint density at radius 1 is 0.912 bits per heavy atom. The highest BCUT2D eigenvalue weighted by Crippen LogP contribution is 2.12. The number of carbonyl (C=O) groups excluding carboxylic acids is 1. The Balaban J connectivity index is 1.55. The van der Waals surface area contributed by atoms with Crippen molar-refractivity contribution in [2.45, 2.75) is 19.5 Å². The van der Waals surface area contributed by atoms with Crippen LogP contribution in [0.1, 0.15) is 11.1 Å². The van der Waals surface area contributed by atoms with Gasteiger partial charge >= 0.3 is 5.69 Å². The third-order valence-electron chi connectivity index (χ3n) is 5.58. The molecule has 0 spiro atoms. The van der Waals surface area contributed by atoms with Gasteiger partial charge in [0.05, 0.1) is 24.6 Å². The summed E-state index contributed by atoms with van der Waals surface area (Å²) in [5.41, 5.74) is 0.973. The van der Waals surface area contributed by atoms with E-state index in [0.29, 0.717) is 29.4 Å². The van der Waals surface area contributed by atoms with Gasteiger partial charge in [-0.15, -0.1) is 0 Å². The van der Waals surface area contributed by atoms with Gasteiger partial charge in [-0.3, -0.25) is 18.7 Å². The molecule has 0 unspecified atom stereocenters. The van der Waals surface area contributed by atoms with Crippen LogP contribution in [-0.4, -0.2) is 28.7 Å². The van der Waals surface area contributed by atoms with Gasteiger partial charge in [-0.25, -0.2) is 9.18 Å². The van der Waals surface area contributed by atoms with Gasteiger partial charge in [0.15, 0.2) is 0 Å². The average molecular weight is 461 g/mol. The van der Waals surface area contributed by atoms with Crippen LogP contribution in [0, 0.1) is 5.82 Å². The number of benzene rings is 3. The predicted molar refractivity (Wildman–Crippen MR) is 128 cm³/mol. The zero-order chi connectivity index (χ0) is 24.1. The monoisotopic (exact) mass is 461 g/mol. The Kier molecular flexibility index (Phi) is 6.87. The van der Waals surface area contributed by atoms with E-state index in [-0.39, 0.29) is 19.0 Å². The minimum atomic E-state index is -0.599. The fourth-order valence-corrected chi connectivity index (χ4v) is 3.77. The molecule has 8 heteroatoms. The number of amides is 1. The van der Waals surface area contributed by atoms with Gasteiger partial charge in [-0.2, -0.15) is 0 Å². The third-order valence-corrected chi connectivity index (χ3v) is 5.58. The molecular weight excluding hydrogens is 437 g/mol. The number of carbonyl (C=O) groups is 1. The lowest BCUT2D eigenvalue weighted by atomic mass is 10.1. The topological polar surface area (TPSA) is 82.3 Å². The van der Waals surface area contributed by atoms with Crippen LogP contribution in [0.2, 0.25) is 0 Å². The number of rotatable bonds is 8. The Bertz CT molecular complexity index is 1420. The Morgan fingerprint density at radius 2 is 1.59 bits per heavy atom. The van der Waals surface area contributed by atoms with Gasteiger partial charge in [0.25, 0.3) is 5.56 Å². The number of hydrogen-bond donors (Lipinski definition) is 1. The summed E-state index contributed by atoms with van der Waals surface area (Å²) in [5.74, 6) is 0.0147. The molecule has 0 aliphatic carbocycles. The molecule has 0 aliphatic rings. The molecule has 1 heterocycles. The molecule has 0 bridgehead atoms. The summed E-state index contributed by atoms with van der Waals surface area (Å²) >= 11 is 0. The van der Waals surface area contributed by atoms with Crippen LogP contribution in [-0.2, 0) is 24.3 Å². The second-order valence-corrected chi connectivity index (χ2v) is 7.85. The summed E-state index contributed by atoms with van der Waals surface area (Å²) in [6.45, 7) is 0.139. The van der Waals surface area contributed by atoms with Crippen molar-refractivity contribution in [2.24, 2.45) is 0 Å². The van der Waals surface area contributed by atoms with E-state index >= 15 is 0 Å². The largest absolute Gasteiger partial charge is 0.497 e. The van der Waals surface area contributed by atoms with Crippen LogP contribution >= 0.6 is 0 Å². The molecule has 3 aromatic carbocycles. The number of nitrogens with zero attached hydrogens (tertiary/aromatic N) is 2. The molecule has 0 radical (unpaired) electrons. The maximum Gasteiger partial charge on any atom is 0.332 e. The quantitative estimate of drug-likeness (QED) is 0.438. The molecule has 7 nitrogen and oxygen atoms in total. The molecule has 0 atom stereocenters. The van der Waals surface area contributed by atoms with Crippen molar-refractivity contribution >= 4 is 16.8 Å². The normalized spacial score (nSPS) is 10.9. The Hall–Kier alpha value is -4.20. The summed E-state index contributed by atoms with van der Waals surface area (Å²) < 4.78 is 20.8. The number of halogens is 1. The fourth-order valence-electron chi connectivity index (χ4n) is 3.77. The first kappa shape index (κ1) is 23.0. The summed E-state index contributed by atoms with van der Waals surface area (Å²) in [6.07, 6.45) is 0.620. The number of hydrogen-bond acceptors (Lipinski definition) is 4. The van der Waals surface area contributed by atoms with Crippen LogP contribution in [0.4, 0.5) is 4.39 Å². The molecule has 4 aromatic rings. The van der Waals surface area contributed by atoms with Gasteiger partial charge in [-0.05, 0) is 53.9 Å². The second-order valence-electron chi connectivity index (χ2n) is 7.85. The van der Waals surface area contributed by atoms with E-state index in [4.69, 9.17) is 4.74 Å². The molecule has 4 rings (SSSR count). The van der Waals surface area contributed by atoms with Crippen LogP contribution in [0.15, 0.2) is 82.4 Å². The summed E-state index contributed by atoms with van der Waals surface area (Å²) in [6, 6.07) is 19.8. The first-order valence-electron chi connectivity index (χ1n) is 10.8. The van der Waals surface area contributed by atoms with E-state index in [0.717, 1.165) is 15.9 Å². The average Bonchev–Trinajstić information content (AvgIpc) is 2.86. The van der Waals surface area contributed by atoms with Crippen molar-refractivity contribution in [3.05, 3.63) is 111 Å². The number of fused-ring (bicyclic) bond motifs is 1. The molecule has 1 N–H and O–H groups in total. The molecule has 1 amide bonds. The van der Waals surface area contributed by atoms with E-state index in [9.17, 15) is 18.8 Å². The molecule has 0 fully saturated rings. The highest BCUT2D eigenvalue weighted by atomic mass is 19.1. The maximum absolute atomic E-state index is 13.3. The van der Waals surface area contributed by atoms with E-state index < -0.39 is 17.1 Å². The van der Waals surface area contributed by atoms with Crippen LogP contribution in [0.5, 0.6) is 5.75 Å². The van der Waals surface area contributed by atoms with Crippen molar-refractivity contribution in [1.29, 1.82) is 0 Å². The minimum absolute atomic E-state index is 0.0259. The highest BCUT2D eigenvalue weighted by molar-refractivity contribution is 5.81. The van der Waals surface area contributed by atoms with Gasteiger partial charge in [0.1, 0.15) is 18.1 Å². The fraction of sp³-hybridized carbons (Fsp3) is 0.192. The third kappa shape index (κ3) is 5.06. The van der Waals surface area contributed by atoms with Crippen molar-refractivity contribution < 1.29 is 13.9 Å². The molecule has 0 aliphatic heterocycles. The minimum Gasteiger partial charge on any atom is -0.497 e. The van der Waals surface area contributed by atoms with E-state index in [1.165, 1.54) is 28.8 Å². The predicted octanol–water partition coefficient (Wildman–Crippen LogP) is 2.72. The van der Waals surface area contributed by atoms with Gasteiger partial charge in [0, 0.05) is 6.54 Å². The summed E-state index contributed by atoms with van der Waals surface area (Å²) in [4.78, 5) is 38.9. The van der Waals surface area contributed by atoms with Crippen molar-refractivity contribution in [2.75, 3.05) is 13.7 Å². The van der Waals surface area contributed by atoms with E-state index in [1.54, 1.807) is 31.4 Å². The molecule has 0 saturated heterocycles. The number of ether oxygens (including phenoxy) is 1. The van der Waals surface area contributed by atoms with Crippen molar-refractivity contribution in [1.82, 2.24) is 14.5 Å². The van der Waals surface area contributed by atoms with Crippen molar-refractivity contribution in [3.8, 4) is 5.75 Å². The van der Waals surface area contributed by atoms with E-state index in [1.807, 2.05) is 24.3 Å². The summed E-state index contributed by atoms with van der Waals surface area (Å²) in [5, 5.41) is 3.16. The molecule has 34 heavy (non-hydrogen) atoms. The van der Waals surface area contributed by atoms with Gasteiger partial charge in [0.2, 0.25) is 5.91 Å². The number of aromatic nitrogens is 2.